The number of sulfone groups is 1. The molecular weight excluding hydrogens is 358 g/mol. The number of sulfonamides is 1. The summed E-state index contributed by atoms with van der Waals surface area (Å²) in [7, 11) is -6.84. The second-order valence-corrected chi connectivity index (χ2v) is 10.4. The molecule has 1 fully saturated rings. The minimum Gasteiger partial charge on any atom is -0.223 e. The van der Waals surface area contributed by atoms with Crippen LogP contribution in [0.2, 0.25) is 0 Å². The molecule has 0 aliphatic carbocycles. The molecule has 7 heteroatoms. The summed E-state index contributed by atoms with van der Waals surface area (Å²) in [6, 6.07) is 17.4. The Bertz CT molecular complexity index is 902. The van der Waals surface area contributed by atoms with E-state index >= 15 is 0 Å². The van der Waals surface area contributed by atoms with E-state index in [1.807, 2.05) is 18.2 Å². The van der Waals surface area contributed by atoms with Gasteiger partial charge in [-0.05, 0) is 30.5 Å². The summed E-state index contributed by atoms with van der Waals surface area (Å²) in [4.78, 5) is 0.306. The number of nitrogens with zero attached hydrogens (tertiary/aromatic N) is 1. The van der Waals surface area contributed by atoms with E-state index in [1.165, 1.54) is 4.31 Å². The maximum absolute atomic E-state index is 12.7. The Morgan fingerprint density at radius 2 is 1.32 bits per heavy atom. The first-order valence-corrected chi connectivity index (χ1v) is 11.4. The van der Waals surface area contributed by atoms with Crippen molar-refractivity contribution in [3.05, 3.63) is 66.2 Å². The molecule has 1 saturated heterocycles. The zero-order valence-electron chi connectivity index (χ0n) is 13.8. The van der Waals surface area contributed by atoms with E-state index < -0.39 is 25.1 Å². The molecule has 2 aromatic rings. The summed E-state index contributed by atoms with van der Waals surface area (Å²) in [6.07, 6.45) is 0.649. The quantitative estimate of drug-likeness (QED) is 0.800. The fourth-order valence-electron chi connectivity index (χ4n) is 3.10. The van der Waals surface area contributed by atoms with Crippen molar-refractivity contribution in [3.8, 4) is 0 Å². The van der Waals surface area contributed by atoms with E-state index in [-0.39, 0.29) is 18.8 Å². The number of hydrogen-bond donors (Lipinski definition) is 0. The van der Waals surface area contributed by atoms with Crippen LogP contribution in [0.25, 0.3) is 0 Å². The van der Waals surface area contributed by atoms with Crippen molar-refractivity contribution >= 4 is 19.9 Å². The molecule has 0 aromatic heterocycles. The fourth-order valence-corrected chi connectivity index (χ4v) is 6.42. The van der Waals surface area contributed by atoms with Crippen molar-refractivity contribution in [1.82, 2.24) is 4.31 Å². The number of rotatable bonds is 5. The summed E-state index contributed by atoms with van der Waals surface area (Å²) < 4.78 is 51.9. The van der Waals surface area contributed by atoms with E-state index in [9.17, 15) is 16.8 Å². The Morgan fingerprint density at radius 3 is 1.88 bits per heavy atom. The first-order chi connectivity index (χ1) is 11.9. The molecule has 0 atom stereocenters. The van der Waals surface area contributed by atoms with Gasteiger partial charge in [0.15, 0.2) is 9.84 Å². The molecule has 1 aliphatic heterocycles. The van der Waals surface area contributed by atoms with Gasteiger partial charge in [-0.15, -0.1) is 0 Å². The molecule has 0 saturated carbocycles. The lowest BCUT2D eigenvalue weighted by molar-refractivity contribution is 0.345. The standard InChI is InChI=1S/C18H21NO4S2/c20-24(21,15-16-7-3-1-4-8-16)19-13-11-18(12-14-19)25(22,23)17-9-5-2-6-10-17/h1-10,18H,11-15H2. The highest BCUT2D eigenvalue weighted by Crippen LogP contribution is 2.26. The fraction of sp³-hybridized carbons (Fsp3) is 0.333. The minimum absolute atomic E-state index is 0.0516. The van der Waals surface area contributed by atoms with Gasteiger partial charge in [0.05, 0.1) is 15.9 Å². The highest BCUT2D eigenvalue weighted by atomic mass is 32.2. The van der Waals surface area contributed by atoms with E-state index in [2.05, 4.69) is 0 Å². The van der Waals surface area contributed by atoms with E-state index in [1.54, 1.807) is 42.5 Å². The van der Waals surface area contributed by atoms with Crippen LogP contribution in [0.15, 0.2) is 65.6 Å². The lowest BCUT2D eigenvalue weighted by atomic mass is 10.2. The van der Waals surface area contributed by atoms with Crippen molar-refractivity contribution in [3.63, 3.8) is 0 Å². The van der Waals surface area contributed by atoms with Crippen LogP contribution in [0.5, 0.6) is 0 Å². The molecule has 2 aromatic carbocycles. The van der Waals surface area contributed by atoms with Crippen molar-refractivity contribution in [1.29, 1.82) is 0 Å². The Morgan fingerprint density at radius 1 is 0.800 bits per heavy atom. The van der Waals surface area contributed by atoms with Crippen LogP contribution in [0.1, 0.15) is 18.4 Å². The zero-order chi connectivity index (χ0) is 17.9. The molecule has 1 heterocycles. The molecule has 0 radical (unpaired) electrons. The second kappa shape index (κ2) is 7.27. The summed E-state index contributed by atoms with van der Waals surface area (Å²) in [5.74, 6) is -0.0516. The predicted molar refractivity (Wildman–Crippen MR) is 97.3 cm³/mol. The lowest BCUT2D eigenvalue weighted by Crippen LogP contribution is -2.42. The van der Waals surface area contributed by atoms with Crippen molar-refractivity contribution in [2.75, 3.05) is 13.1 Å². The normalized spacial score (nSPS) is 17.4. The Hall–Kier alpha value is -1.70. The molecule has 3 rings (SSSR count). The molecule has 0 spiro atoms. The van der Waals surface area contributed by atoms with Crippen molar-refractivity contribution < 1.29 is 16.8 Å². The topological polar surface area (TPSA) is 71.5 Å². The summed E-state index contributed by atoms with van der Waals surface area (Å²) in [5.41, 5.74) is 0.738. The smallest absolute Gasteiger partial charge is 0.218 e. The Labute approximate surface area is 149 Å². The van der Waals surface area contributed by atoms with Gasteiger partial charge < -0.3 is 0 Å². The molecule has 25 heavy (non-hydrogen) atoms. The van der Waals surface area contributed by atoms with Crippen LogP contribution in [0, 0.1) is 0 Å². The molecule has 1 aliphatic rings. The van der Waals surface area contributed by atoms with Gasteiger partial charge in [0.25, 0.3) is 0 Å². The molecule has 5 nitrogen and oxygen atoms in total. The van der Waals surface area contributed by atoms with E-state index in [4.69, 9.17) is 0 Å². The highest BCUT2D eigenvalue weighted by molar-refractivity contribution is 7.92. The predicted octanol–water partition coefficient (Wildman–Crippen LogP) is 2.45. The third-order valence-corrected chi connectivity index (χ3v) is 8.63. The molecule has 0 amide bonds. The number of benzene rings is 2. The highest BCUT2D eigenvalue weighted by Gasteiger charge is 2.34. The Kier molecular flexibility index (Phi) is 5.27. The first-order valence-electron chi connectivity index (χ1n) is 8.20. The largest absolute Gasteiger partial charge is 0.223 e. The Balaban J connectivity index is 1.67. The monoisotopic (exact) mass is 379 g/mol. The number of hydrogen-bond acceptors (Lipinski definition) is 4. The van der Waals surface area contributed by atoms with Gasteiger partial charge in [0, 0.05) is 13.1 Å². The van der Waals surface area contributed by atoms with Crippen LogP contribution in [-0.4, -0.2) is 39.5 Å². The molecule has 0 N–H and O–H groups in total. The summed E-state index contributed by atoms with van der Waals surface area (Å²) in [6.45, 7) is 0.484. The van der Waals surface area contributed by atoms with Crippen LogP contribution >= 0.6 is 0 Å². The maximum Gasteiger partial charge on any atom is 0.218 e. The van der Waals surface area contributed by atoms with Gasteiger partial charge in [-0.2, -0.15) is 0 Å². The molecule has 0 unspecified atom stereocenters. The average Bonchev–Trinajstić information content (AvgIpc) is 2.63. The summed E-state index contributed by atoms with van der Waals surface area (Å²) in [5, 5.41) is -0.530. The van der Waals surface area contributed by atoms with Gasteiger partial charge in [-0.25, -0.2) is 21.1 Å². The van der Waals surface area contributed by atoms with Gasteiger partial charge in [-0.1, -0.05) is 48.5 Å². The third kappa shape index (κ3) is 4.11. The maximum atomic E-state index is 12.7. The zero-order valence-corrected chi connectivity index (χ0v) is 15.4. The molecule has 0 bridgehead atoms. The third-order valence-electron chi connectivity index (χ3n) is 4.50. The lowest BCUT2D eigenvalue weighted by Gasteiger charge is -2.31. The van der Waals surface area contributed by atoms with Crippen LogP contribution in [0.3, 0.4) is 0 Å². The molecule has 134 valence electrons. The second-order valence-electron chi connectivity index (χ2n) is 6.20. The minimum atomic E-state index is -3.43. The average molecular weight is 380 g/mol. The molecular formula is C18H21NO4S2. The number of piperidine rings is 1. The van der Waals surface area contributed by atoms with E-state index in [0.29, 0.717) is 17.7 Å². The van der Waals surface area contributed by atoms with Crippen LogP contribution in [0.4, 0.5) is 0 Å². The first kappa shape index (κ1) is 18.1. The van der Waals surface area contributed by atoms with Gasteiger partial charge in [0.2, 0.25) is 10.0 Å². The van der Waals surface area contributed by atoms with Crippen molar-refractivity contribution in [2.45, 2.75) is 28.7 Å². The summed E-state index contributed by atoms with van der Waals surface area (Å²) >= 11 is 0. The SMILES string of the molecule is O=S(=O)(c1ccccc1)C1CCN(S(=O)(=O)Cc2ccccc2)CC1. The van der Waals surface area contributed by atoms with Gasteiger partial charge in [0.1, 0.15) is 0 Å². The van der Waals surface area contributed by atoms with Crippen LogP contribution < -0.4 is 0 Å². The van der Waals surface area contributed by atoms with Crippen molar-refractivity contribution in [2.24, 2.45) is 0 Å². The van der Waals surface area contributed by atoms with E-state index in [0.717, 1.165) is 5.56 Å². The van der Waals surface area contributed by atoms with Gasteiger partial charge >= 0.3 is 0 Å². The van der Waals surface area contributed by atoms with Crippen LogP contribution in [-0.2, 0) is 25.6 Å². The van der Waals surface area contributed by atoms with Gasteiger partial charge in [-0.3, -0.25) is 0 Å².